The summed E-state index contributed by atoms with van der Waals surface area (Å²) < 4.78 is 2.17. The number of hydrogen-bond acceptors (Lipinski definition) is 3. The van der Waals surface area contributed by atoms with Gasteiger partial charge >= 0.3 is 0 Å². The third kappa shape index (κ3) is 2.90. The molecule has 0 saturated heterocycles. The standard InChI is InChI=1S/C14H16BrN3O2/c1-3-17(4-2)13(19)8-18-9-16-12-6-5-10(15)7-11(12)14(18)20/h5-7,9H,3-4,8H2,1-2H3. The second kappa shape index (κ2) is 6.17. The SMILES string of the molecule is CCN(CC)C(=O)Cn1cnc2ccc(Br)cc2c1=O. The van der Waals surface area contributed by atoms with Gasteiger partial charge in [-0.3, -0.25) is 14.2 Å². The molecule has 0 unspecified atom stereocenters. The Balaban J connectivity index is 2.39. The van der Waals surface area contributed by atoms with E-state index in [1.807, 2.05) is 19.9 Å². The van der Waals surface area contributed by atoms with Gasteiger partial charge in [0.1, 0.15) is 6.54 Å². The molecule has 0 atom stereocenters. The number of carbonyl (C=O) groups excluding carboxylic acids is 1. The molecule has 0 aliphatic carbocycles. The summed E-state index contributed by atoms with van der Waals surface area (Å²) in [4.78, 5) is 30.3. The Labute approximate surface area is 125 Å². The van der Waals surface area contributed by atoms with Crippen LogP contribution >= 0.6 is 15.9 Å². The van der Waals surface area contributed by atoms with Crippen LogP contribution in [0.15, 0.2) is 33.8 Å². The first-order valence-electron chi connectivity index (χ1n) is 6.49. The van der Waals surface area contributed by atoms with Crippen LogP contribution < -0.4 is 5.56 Å². The highest BCUT2D eigenvalue weighted by Gasteiger charge is 2.12. The van der Waals surface area contributed by atoms with Crippen molar-refractivity contribution < 1.29 is 4.79 Å². The molecule has 2 rings (SSSR count). The lowest BCUT2D eigenvalue weighted by Crippen LogP contribution is -2.36. The average Bonchev–Trinajstić information content (AvgIpc) is 2.44. The summed E-state index contributed by atoms with van der Waals surface area (Å²) in [5.74, 6) is -0.0757. The van der Waals surface area contributed by atoms with Crippen molar-refractivity contribution in [3.63, 3.8) is 0 Å². The smallest absolute Gasteiger partial charge is 0.261 e. The lowest BCUT2D eigenvalue weighted by molar-refractivity contribution is -0.131. The van der Waals surface area contributed by atoms with Crippen LogP contribution in [0.4, 0.5) is 0 Å². The third-order valence-corrected chi connectivity index (χ3v) is 3.70. The number of aromatic nitrogens is 2. The van der Waals surface area contributed by atoms with E-state index < -0.39 is 0 Å². The van der Waals surface area contributed by atoms with Crippen LogP contribution in [0.25, 0.3) is 10.9 Å². The van der Waals surface area contributed by atoms with Gasteiger partial charge in [0.2, 0.25) is 5.91 Å². The Morgan fingerprint density at radius 3 is 2.70 bits per heavy atom. The lowest BCUT2D eigenvalue weighted by Gasteiger charge is -2.19. The van der Waals surface area contributed by atoms with Gasteiger partial charge in [-0.2, -0.15) is 0 Å². The van der Waals surface area contributed by atoms with E-state index in [-0.39, 0.29) is 18.0 Å². The van der Waals surface area contributed by atoms with E-state index in [0.717, 1.165) is 4.47 Å². The maximum Gasteiger partial charge on any atom is 0.261 e. The molecule has 0 fully saturated rings. The van der Waals surface area contributed by atoms with Crippen LogP contribution in [0.2, 0.25) is 0 Å². The summed E-state index contributed by atoms with van der Waals surface area (Å²) >= 11 is 3.34. The highest BCUT2D eigenvalue weighted by Crippen LogP contribution is 2.14. The van der Waals surface area contributed by atoms with Crippen molar-refractivity contribution in [3.8, 4) is 0 Å². The molecule has 0 aliphatic rings. The number of fused-ring (bicyclic) bond motifs is 1. The maximum absolute atomic E-state index is 12.3. The minimum Gasteiger partial charge on any atom is -0.342 e. The molecule has 0 radical (unpaired) electrons. The second-order valence-electron chi connectivity index (χ2n) is 4.41. The summed E-state index contributed by atoms with van der Waals surface area (Å²) in [5.41, 5.74) is 0.432. The summed E-state index contributed by atoms with van der Waals surface area (Å²) in [7, 11) is 0. The lowest BCUT2D eigenvalue weighted by atomic mass is 10.2. The zero-order valence-corrected chi connectivity index (χ0v) is 13.1. The highest BCUT2D eigenvalue weighted by atomic mass is 79.9. The van der Waals surface area contributed by atoms with Gasteiger partial charge in [0.25, 0.3) is 5.56 Å². The van der Waals surface area contributed by atoms with Crippen molar-refractivity contribution in [2.24, 2.45) is 0 Å². The zero-order valence-electron chi connectivity index (χ0n) is 11.5. The Hall–Kier alpha value is -1.69. The molecule has 1 amide bonds. The Kier molecular flexibility index (Phi) is 4.54. The largest absolute Gasteiger partial charge is 0.342 e. The minimum absolute atomic E-state index is 0.0238. The monoisotopic (exact) mass is 337 g/mol. The molecule has 0 spiro atoms. The van der Waals surface area contributed by atoms with E-state index >= 15 is 0 Å². The molecule has 1 aromatic heterocycles. The quantitative estimate of drug-likeness (QED) is 0.857. The van der Waals surface area contributed by atoms with Gasteiger partial charge in [-0.1, -0.05) is 15.9 Å². The van der Waals surface area contributed by atoms with Crippen molar-refractivity contribution in [1.82, 2.24) is 14.5 Å². The molecule has 0 bridgehead atoms. The van der Waals surface area contributed by atoms with Crippen LogP contribution in [0, 0.1) is 0 Å². The first kappa shape index (κ1) is 14.7. The van der Waals surface area contributed by atoms with E-state index in [2.05, 4.69) is 20.9 Å². The first-order chi connectivity index (χ1) is 9.56. The summed E-state index contributed by atoms with van der Waals surface area (Å²) in [6.07, 6.45) is 1.43. The number of amides is 1. The molecule has 1 heterocycles. The van der Waals surface area contributed by atoms with E-state index in [4.69, 9.17) is 0 Å². The number of rotatable bonds is 4. The maximum atomic E-state index is 12.3. The second-order valence-corrected chi connectivity index (χ2v) is 5.32. The summed E-state index contributed by atoms with van der Waals surface area (Å²) in [6.45, 7) is 5.13. The molecule has 0 N–H and O–H groups in total. The number of benzene rings is 1. The molecule has 2 aromatic rings. The molecule has 20 heavy (non-hydrogen) atoms. The predicted molar refractivity (Wildman–Crippen MR) is 81.6 cm³/mol. The molecule has 1 aromatic carbocycles. The van der Waals surface area contributed by atoms with Gasteiger partial charge in [0, 0.05) is 17.6 Å². The van der Waals surface area contributed by atoms with Gasteiger partial charge in [0.15, 0.2) is 0 Å². The summed E-state index contributed by atoms with van der Waals surface area (Å²) in [6, 6.07) is 5.33. The fraction of sp³-hybridized carbons (Fsp3) is 0.357. The Morgan fingerprint density at radius 1 is 1.35 bits per heavy atom. The van der Waals surface area contributed by atoms with Crippen molar-refractivity contribution in [2.45, 2.75) is 20.4 Å². The number of halogens is 1. The van der Waals surface area contributed by atoms with Crippen LogP contribution in [0.3, 0.4) is 0 Å². The average molecular weight is 338 g/mol. The normalized spacial score (nSPS) is 10.8. The van der Waals surface area contributed by atoms with E-state index in [1.165, 1.54) is 10.9 Å². The van der Waals surface area contributed by atoms with Gasteiger partial charge in [-0.25, -0.2) is 4.98 Å². The molecule has 6 heteroatoms. The molecule has 0 saturated carbocycles. The van der Waals surface area contributed by atoms with Crippen molar-refractivity contribution in [1.29, 1.82) is 0 Å². The molecule has 0 aliphatic heterocycles. The summed E-state index contributed by atoms with van der Waals surface area (Å²) in [5, 5.41) is 0.509. The molecule has 106 valence electrons. The van der Waals surface area contributed by atoms with Crippen LogP contribution in [-0.4, -0.2) is 33.4 Å². The fourth-order valence-corrected chi connectivity index (χ4v) is 2.43. The van der Waals surface area contributed by atoms with Gasteiger partial charge in [-0.05, 0) is 32.0 Å². The molecule has 5 nitrogen and oxygen atoms in total. The Morgan fingerprint density at radius 2 is 2.05 bits per heavy atom. The predicted octanol–water partition coefficient (Wildman–Crippen LogP) is 2.03. The van der Waals surface area contributed by atoms with Gasteiger partial charge in [-0.15, -0.1) is 0 Å². The number of hydrogen-bond donors (Lipinski definition) is 0. The third-order valence-electron chi connectivity index (χ3n) is 3.21. The van der Waals surface area contributed by atoms with Crippen molar-refractivity contribution in [3.05, 3.63) is 39.4 Å². The van der Waals surface area contributed by atoms with E-state index in [1.54, 1.807) is 17.0 Å². The molecular weight excluding hydrogens is 322 g/mol. The zero-order chi connectivity index (χ0) is 14.7. The van der Waals surface area contributed by atoms with Crippen molar-refractivity contribution >= 4 is 32.7 Å². The van der Waals surface area contributed by atoms with Crippen LogP contribution in [-0.2, 0) is 11.3 Å². The molecular formula is C14H16BrN3O2. The van der Waals surface area contributed by atoms with E-state index in [0.29, 0.717) is 24.0 Å². The topological polar surface area (TPSA) is 55.2 Å². The highest BCUT2D eigenvalue weighted by molar-refractivity contribution is 9.10. The van der Waals surface area contributed by atoms with Crippen LogP contribution in [0.5, 0.6) is 0 Å². The fourth-order valence-electron chi connectivity index (χ4n) is 2.07. The first-order valence-corrected chi connectivity index (χ1v) is 7.28. The number of nitrogens with zero attached hydrogens (tertiary/aromatic N) is 3. The van der Waals surface area contributed by atoms with Gasteiger partial charge < -0.3 is 4.90 Å². The Bertz CT molecular complexity index is 692. The van der Waals surface area contributed by atoms with Gasteiger partial charge in [0.05, 0.1) is 17.2 Å². The number of likely N-dealkylation sites (N-methyl/N-ethyl adjacent to an activating group) is 1. The van der Waals surface area contributed by atoms with Crippen molar-refractivity contribution in [2.75, 3.05) is 13.1 Å². The number of carbonyl (C=O) groups is 1. The van der Waals surface area contributed by atoms with E-state index in [9.17, 15) is 9.59 Å². The minimum atomic E-state index is -0.197. The van der Waals surface area contributed by atoms with Crippen LogP contribution in [0.1, 0.15) is 13.8 Å².